The van der Waals surface area contributed by atoms with Gasteiger partial charge < -0.3 is 24.3 Å². The molecule has 0 aliphatic carbocycles. The maximum atomic E-state index is 5.33. The molecule has 0 fully saturated rings. The van der Waals surface area contributed by atoms with Gasteiger partial charge in [0.2, 0.25) is 0 Å². The van der Waals surface area contributed by atoms with Crippen molar-refractivity contribution >= 4 is 0 Å². The number of benzene rings is 2. The Morgan fingerprint density at radius 2 is 1.17 bits per heavy atom. The molecule has 0 amide bonds. The van der Waals surface area contributed by atoms with Crippen molar-refractivity contribution < 1.29 is 18.9 Å². The van der Waals surface area contributed by atoms with E-state index in [1.54, 1.807) is 28.4 Å². The number of hydrogen-bond donors (Lipinski definition) is 1. The molecule has 24 heavy (non-hydrogen) atoms. The van der Waals surface area contributed by atoms with Crippen LogP contribution in [0.3, 0.4) is 0 Å². The summed E-state index contributed by atoms with van der Waals surface area (Å²) in [6.07, 6.45) is 0.910. The van der Waals surface area contributed by atoms with E-state index >= 15 is 0 Å². The van der Waals surface area contributed by atoms with Gasteiger partial charge in [-0.3, -0.25) is 0 Å². The van der Waals surface area contributed by atoms with Crippen molar-refractivity contribution in [1.29, 1.82) is 0 Å². The van der Waals surface area contributed by atoms with Crippen molar-refractivity contribution in [3.05, 3.63) is 47.5 Å². The van der Waals surface area contributed by atoms with E-state index in [0.717, 1.165) is 48.1 Å². The third-order valence-electron chi connectivity index (χ3n) is 3.82. The summed E-state index contributed by atoms with van der Waals surface area (Å²) in [5, 5.41) is 3.44. The van der Waals surface area contributed by atoms with E-state index in [2.05, 4.69) is 11.4 Å². The minimum atomic E-state index is 0.742. The lowest BCUT2D eigenvalue weighted by Crippen LogP contribution is -2.16. The molecule has 0 aliphatic heterocycles. The quantitative estimate of drug-likeness (QED) is 0.716. The first-order valence-corrected chi connectivity index (χ1v) is 7.84. The molecule has 5 heteroatoms. The van der Waals surface area contributed by atoms with Crippen LogP contribution >= 0.6 is 0 Å². The number of hydrogen-bond acceptors (Lipinski definition) is 5. The van der Waals surface area contributed by atoms with Gasteiger partial charge in [0.15, 0.2) is 23.0 Å². The third-order valence-corrected chi connectivity index (χ3v) is 3.82. The van der Waals surface area contributed by atoms with Crippen LogP contribution in [-0.2, 0) is 13.0 Å². The average Bonchev–Trinajstić information content (AvgIpc) is 2.64. The molecule has 0 atom stereocenters. The molecule has 2 aromatic carbocycles. The first kappa shape index (κ1) is 17.9. The van der Waals surface area contributed by atoms with E-state index < -0.39 is 0 Å². The molecule has 0 aromatic heterocycles. The Kier molecular flexibility index (Phi) is 6.75. The van der Waals surface area contributed by atoms with Crippen molar-refractivity contribution in [2.45, 2.75) is 13.0 Å². The normalized spacial score (nSPS) is 10.3. The van der Waals surface area contributed by atoms with E-state index in [-0.39, 0.29) is 0 Å². The third kappa shape index (κ3) is 4.55. The topological polar surface area (TPSA) is 49.0 Å². The van der Waals surface area contributed by atoms with Gasteiger partial charge in [-0.15, -0.1) is 0 Å². The van der Waals surface area contributed by atoms with Gasteiger partial charge in [-0.1, -0.05) is 12.1 Å². The van der Waals surface area contributed by atoms with Gasteiger partial charge in [-0.05, 0) is 48.4 Å². The summed E-state index contributed by atoms with van der Waals surface area (Å²) in [7, 11) is 6.57. The highest BCUT2D eigenvalue weighted by molar-refractivity contribution is 5.43. The average molecular weight is 331 g/mol. The maximum absolute atomic E-state index is 5.33. The molecule has 0 aliphatic rings. The molecule has 0 unspecified atom stereocenters. The molecule has 1 N–H and O–H groups in total. The van der Waals surface area contributed by atoms with E-state index in [0.29, 0.717) is 0 Å². The van der Waals surface area contributed by atoms with Crippen LogP contribution in [0.1, 0.15) is 11.1 Å². The minimum absolute atomic E-state index is 0.742. The fourth-order valence-corrected chi connectivity index (χ4v) is 2.49. The molecule has 0 heterocycles. The molecule has 0 spiro atoms. The van der Waals surface area contributed by atoms with Crippen molar-refractivity contribution in [2.24, 2.45) is 0 Å². The summed E-state index contributed by atoms with van der Waals surface area (Å²) in [6, 6.07) is 11.9. The van der Waals surface area contributed by atoms with E-state index in [4.69, 9.17) is 18.9 Å². The van der Waals surface area contributed by atoms with Crippen molar-refractivity contribution in [3.8, 4) is 23.0 Å². The molecule has 5 nitrogen and oxygen atoms in total. The summed E-state index contributed by atoms with van der Waals surface area (Å²) in [4.78, 5) is 0. The second-order valence-electron chi connectivity index (χ2n) is 5.31. The molecule has 0 bridgehead atoms. The zero-order chi connectivity index (χ0) is 17.4. The minimum Gasteiger partial charge on any atom is -0.493 e. The lowest BCUT2D eigenvalue weighted by Gasteiger charge is -2.11. The molecular formula is C19H25NO4. The van der Waals surface area contributed by atoms with Crippen LogP contribution in [0.15, 0.2) is 36.4 Å². The van der Waals surface area contributed by atoms with Crippen LogP contribution in [0.25, 0.3) is 0 Å². The van der Waals surface area contributed by atoms with Gasteiger partial charge in [-0.2, -0.15) is 0 Å². The van der Waals surface area contributed by atoms with Crippen molar-refractivity contribution in [2.75, 3.05) is 35.0 Å². The van der Waals surface area contributed by atoms with Gasteiger partial charge in [0, 0.05) is 6.54 Å². The van der Waals surface area contributed by atoms with Gasteiger partial charge in [-0.25, -0.2) is 0 Å². The molecule has 130 valence electrons. The van der Waals surface area contributed by atoms with E-state index in [1.807, 2.05) is 30.3 Å². The zero-order valence-corrected chi connectivity index (χ0v) is 14.7. The second-order valence-corrected chi connectivity index (χ2v) is 5.31. The van der Waals surface area contributed by atoms with E-state index in [1.165, 1.54) is 5.56 Å². The summed E-state index contributed by atoms with van der Waals surface area (Å²) in [5.41, 5.74) is 2.35. The number of rotatable bonds is 9. The van der Waals surface area contributed by atoms with Crippen molar-refractivity contribution in [3.63, 3.8) is 0 Å². The van der Waals surface area contributed by atoms with Crippen LogP contribution in [-0.4, -0.2) is 35.0 Å². The van der Waals surface area contributed by atoms with Gasteiger partial charge in [0.1, 0.15) is 0 Å². The first-order chi connectivity index (χ1) is 11.7. The molecule has 0 radical (unpaired) electrons. The maximum Gasteiger partial charge on any atom is 0.161 e. The van der Waals surface area contributed by atoms with Crippen molar-refractivity contribution in [1.82, 2.24) is 5.32 Å². The summed E-state index contributed by atoms with van der Waals surface area (Å²) in [5.74, 6) is 3.00. The van der Waals surface area contributed by atoms with Crippen LogP contribution in [0.2, 0.25) is 0 Å². The molecule has 0 saturated heterocycles. The van der Waals surface area contributed by atoms with Crippen LogP contribution in [0, 0.1) is 0 Å². The smallest absolute Gasteiger partial charge is 0.161 e. The Morgan fingerprint density at radius 1 is 0.667 bits per heavy atom. The standard InChI is InChI=1S/C19H25NO4/c1-21-16-7-5-14(11-18(16)23-3)9-10-20-13-15-6-8-17(22-2)19(12-15)24-4/h5-8,11-12,20H,9-10,13H2,1-4H3. The highest BCUT2D eigenvalue weighted by atomic mass is 16.5. The number of methoxy groups -OCH3 is 4. The first-order valence-electron chi connectivity index (χ1n) is 7.84. The molecular weight excluding hydrogens is 306 g/mol. The highest BCUT2D eigenvalue weighted by Gasteiger charge is 2.06. The number of ether oxygens (including phenoxy) is 4. The lowest BCUT2D eigenvalue weighted by molar-refractivity contribution is 0.354. The van der Waals surface area contributed by atoms with Gasteiger partial charge >= 0.3 is 0 Å². The Morgan fingerprint density at radius 3 is 1.71 bits per heavy atom. The monoisotopic (exact) mass is 331 g/mol. The largest absolute Gasteiger partial charge is 0.493 e. The summed E-state index contributed by atoms with van der Waals surface area (Å²) < 4.78 is 21.2. The Balaban J connectivity index is 1.87. The van der Waals surface area contributed by atoms with Crippen LogP contribution in [0.4, 0.5) is 0 Å². The fourth-order valence-electron chi connectivity index (χ4n) is 2.49. The predicted molar refractivity (Wildman–Crippen MR) is 94.5 cm³/mol. The Bertz CT molecular complexity index is 600. The van der Waals surface area contributed by atoms with Gasteiger partial charge in [0.25, 0.3) is 0 Å². The van der Waals surface area contributed by atoms with Gasteiger partial charge in [0.05, 0.1) is 28.4 Å². The SMILES string of the molecule is COc1ccc(CCNCc2ccc(OC)c(OC)c2)cc1OC. The Hall–Kier alpha value is -2.40. The van der Waals surface area contributed by atoms with E-state index in [9.17, 15) is 0 Å². The second kappa shape index (κ2) is 9.03. The predicted octanol–water partition coefficient (Wildman–Crippen LogP) is 3.05. The molecule has 0 saturated carbocycles. The molecule has 2 aromatic rings. The Labute approximate surface area is 143 Å². The summed E-state index contributed by atoms with van der Waals surface area (Å²) >= 11 is 0. The zero-order valence-electron chi connectivity index (χ0n) is 14.7. The van der Waals surface area contributed by atoms with Crippen LogP contribution < -0.4 is 24.3 Å². The number of nitrogens with one attached hydrogen (secondary N) is 1. The highest BCUT2D eigenvalue weighted by Crippen LogP contribution is 2.28. The fraction of sp³-hybridized carbons (Fsp3) is 0.368. The van der Waals surface area contributed by atoms with Crippen LogP contribution in [0.5, 0.6) is 23.0 Å². The summed E-state index contributed by atoms with van der Waals surface area (Å²) in [6.45, 7) is 1.64. The molecule has 2 rings (SSSR count). The lowest BCUT2D eigenvalue weighted by atomic mass is 10.1.